The molecule has 5 heteroatoms. The highest BCUT2D eigenvalue weighted by Crippen LogP contribution is 2.33. The van der Waals surface area contributed by atoms with Crippen molar-refractivity contribution in [3.63, 3.8) is 0 Å². The molecule has 0 aliphatic carbocycles. The first-order valence-electron chi connectivity index (χ1n) is 10.6. The number of hydrogen-bond donors (Lipinski definition) is 1. The van der Waals surface area contributed by atoms with Gasteiger partial charge in [0.2, 0.25) is 0 Å². The molecule has 0 amide bonds. The molecule has 0 aliphatic heterocycles. The van der Waals surface area contributed by atoms with Crippen LogP contribution in [0.3, 0.4) is 0 Å². The Morgan fingerprint density at radius 3 is 2.38 bits per heavy atom. The topological polar surface area (TPSA) is 55.8 Å². The molecule has 0 radical (unpaired) electrons. The van der Waals surface area contributed by atoms with Crippen LogP contribution in [0.1, 0.15) is 37.3 Å². The zero-order chi connectivity index (χ0) is 22.9. The SMILES string of the molecule is CC=C[C@@H](CC(=O)O)c1ccc(OCc2ccc(-c3ccc(Cl)cc3OCC)cc2)cc1. The molecule has 166 valence electrons. The van der Waals surface area contributed by atoms with Crippen molar-refractivity contribution in [2.45, 2.75) is 32.8 Å². The van der Waals surface area contributed by atoms with Gasteiger partial charge < -0.3 is 14.6 Å². The molecule has 1 N–H and O–H groups in total. The third kappa shape index (κ3) is 6.38. The van der Waals surface area contributed by atoms with E-state index in [1.165, 1.54) is 0 Å². The van der Waals surface area contributed by atoms with Gasteiger partial charge in [-0.15, -0.1) is 0 Å². The van der Waals surface area contributed by atoms with Crippen molar-refractivity contribution in [2.24, 2.45) is 0 Å². The minimum atomic E-state index is -0.816. The normalized spacial score (nSPS) is 12.0. The summed E-state index contributed by atoms with van der Waals surface area (Å²) in [5.41, 5.74) is 4.04. The van der Waals surface area contributed by atoms with Crippen molar-refractivity contribution in [3.8, 4) is 22.6 Å². The number of carbonyl (C=O) groups is 1. The highest BCUT2D eigenvalue weighted by atomic mass is 35.5. The van der Waals surface area contributed by atoms with E-state index in [2.05, 4.69) is 0 Å². The standard InChI is InChI=1S/C27H27ClO4/c1-3-5-22(16-27(29)30)20-10-13-24(14-11-20)32-18-19-6-8-21(9-7-19)25-15-12-23(28)17-26(25)31-4-2/h3,5-15,17,22H,4,16,18H2,1-2H3,(H,29,30)/t22-/m0/s1. The van der Waals surface area contributed by atoms with Gasteiger partial charge in [0.1, 0.15) is 18.1 Å². The molecule has 3 aromatic rings. The van der Waals surface area contributed by atoms with Gasteiger partial charge in [0.15, 0.2) is 0 Å². The van der Waals surface area contributed by atoms with Crippen molar-refractivity contribution in [2.75, 3.05) is 6.61 Å². The lowest BCUT2D eigenvalue weighted by atomic mass is 9.95. The number of hydrogen-bond acceptors (Lipinski definition) is 3. The Morgan fingerprint density at radius 2 is 1.75 bits per heavy atom. The number of halogens is 1. The van der Waals surface area contributed by atoms with E-state index in [4.69, 9.17) is 26.2 Å². The molecular formula is C27H27ClO4. The lowest BCUT2D eigenvalue weighted by Gasteiger charge is -2.13. The lowest BCUT2D eigenvalue weighted by molar-refractivity contribution is -0.137. The summed E-state index contributed by atoms with van der Waals surface area (Å²) in [6.07, 6.45) is 3.85. The predicted molar refractivity (Wildman–Crippen MR) is 129 cm³/mol. The van der Waals surface area contributed by atoms with Crippen molar-refractivity contribution in [3.05, 3.63) is 95.0 Å². The van der Waals surface area contributed by atoms with Crippen molar-refractivity contribution in [1.82, 2.24) is 0 Å². The van der Waals surface area contributed by atoms with Crippen molar-refractivity contribution < 1.29 is 19.4 Å². The van der Waals surface area contributed by atoms with Gasteiger partial charge in [-0.1, -0.05) is 60.2 Å². The van der Waals surface area contributed by atoms with Crippen molar-refractivity contribution >= 4 is 17.6 Å². The van der Waals surface area contributed by atoms with Gasteiger partial charge in [0.25, 0.3) is 0 Å². The number of allylic oxidation sites excluding steroid dienone is 2. The largest absolute Gasteiger partial charge is 0.493 e. The fourth-order valence-corrected chi connectivity index (χ4v) is 3.65. The Hall–Kier alpha value is -3.24. The summed E-state index contributed by atoms with van der Waals surface area (Å²) in [5, 5.41) is 9.76. The zero-order valence-electron chi connectivity index (χ0n) is 18.3. The quantitative estimate of drug-likeness (QED) is 0.334. The van der Waals surface area contributed by atoms with Gasteiger partial charge >= 0.3 is 5.97 Å². The van der Waals surface area contributed by atoms with E-state index < -0.39 is 5.97 Å². The number of carboxylic acid groups (broad SMARTS) is 1. The fraction of sp³-hybridized carbons (Fsp3) is 0.222. The maximum atomic E-state index is 11.1. The van der Waals surface area contributed by atoms with Crippen LogP contribution in [0.5, 0.6) is 11.5 Å². The second-order valence-corrected chi connectivity index (χ2v) is 7.79. The average Bonchev–Trinajstić information content (AvgIpc) is 2.78. The maximum Gasteiger partial charge on any atom is 0.304 e. The van der Waals surface area contributed by atoms with Gasteiger partial charge in [0.05, 0.1) is 13.0 Å². The molecule has 0 saturated heterocycles. The van der Waals surface area contributed by atoms with Crippen molar-refractivity contribution in [1.29, 1.82) is 0 Å². The number of ether oxygens (including phenoxy) is 2. The molecule has 1 atom stereocenters. The number of rotatable bonds is 10. The second kappa shape index (κ2) is 11.4. The summed E-state index contributed by atoms with van der Waals surface area (Å²) in [5.74, 6) is 0.546. The zero-order valence-corrected chi connectivity index (χ0v) is 19.0. The lowest BCUT2D eigenvalue weighted by Crippen LogP contribution is -2.04. The van der Waals surface area contributed by atoms with Crippen LogP contribution in [0.25, 0.3) is 11.1 Å². The Bertz CT molecular complexity index is 1060. The van der Waals surface area contributed by atoms with Gasteiger partial charge in [-0.2, -0.15) is 0 Å². The molecule has 4 nitrogen and oxygen atoms in total. The van der Waals surface area contributed by atoms with Gasteiger partial charge in [-0.25, -0.2) is 0 Å². The first kappa shape index (κ1) is 23.4. The molecule has 0 spiro atoms. The van der Waals surface area contributed by atoms with Crippen LogP contribution in [0, 0.1) is 0 Å². The summed E-state index contributed by atoms with van der Waals surface area (Å²) in [6, 6.07) is 21.4. The fourth-order valence-electron chi connectivity index (χ4n) is 3.49. The molecule has 3 aromatic carbocycles. The molecule has 0 unspecified atom stereocenters. The van der Waals surface area contributed by atoms with Crippen LogP contribution in [0.2, 0.25) is 5.02 Å². The maximum absolute atomic E-state index is 11.1. The third-order valence-electron chi connectivity index (χ3n) is 5.04. The number of benzene rings is 3. The number of aliphatic carboxylic acids is 1. The third-order valence-corrected chi connectivity index (χ3v) is 5.28. The Morgan fingerprint density at radius 1 is 1.03 bits per heavy atom. The monoisotopic (exact) mass is 450 g/mol. The molecule has 0 fully saturated rings. The van der Waals surface area contributed by atoms with Crippen LogP contribution in [-0.2, 0) is 11.4 Å². The highest BCUT2D eigenvalue weighted by molar-refractivity contribution is 6.30. The number of carboxylic acids is 1. The minimum Gasteiger partial charge on any atom is -0.493 e. The van der Waals surface area contributed by atoms with Gasteiger partial charge in [-0.05, 0) is 60.9 Å². The van der Waals surface area contributed by atoms with Gasteiger partial charge in [0, 0.05) is 16.5 Å². The van der Waals surface area contributed by atoms with Crippen LogP contribution in [-0.4, -0.2) is 17.7 Å². The van der Waals surface area contributed by atoms with Gasteiger partial charge in [-0.3, -0.25) is 4.79 Å². The predicted octanol–water partition coefficient (Wildman–Crippen LogP) is 7.12. The van der Waals surface area contributed by atoms with E-state index in [0.29, 0.717) is 18.2 Å². The first-order valence-corrected chi connectivity index (χ1v) is 11.0. The van der Waals surface area contributed by atoms with Crippen LogP contribution in [0.15, 0.2) is 78.9 Å². The second-order valence-electron chi connectivity index (χ2n) is 7.36. The van der Waals surface area contributed by atoms with E-state index in [-0.39, 0.29) is 12.3 Å². The highest BCUT2D eigenvalue weighted by Gasteiger charge is 2.12. The molecule has 0 aliphatic rings. The molecule has 0 heterocycles. The van der Waals surface area contributed by atoms with E-state index in [9.17, 15) is 4.79 Å². The summed E-state index contributed by atoms with van der Waals surface area (Å²) < 4.78 is 11.6. The van der Waals surface area contributed by atoms with E-state index in [0.717, 1.165) is 33.8 Å². The molecule has 32 heavy (non-hydrogen) atoms. The van der Waals surface area contributed by atoms with Crippen LogP contribution < -0.4 is 9.47 Å². The minimum absolute atomic E-state index is 0.0650. The van der Waals surface area contributed by atoms with E-state index >= 15 is 0 Å². The summed E-state index contributed by atoms with van der Waals surface area (Å²) in [6.45, 7) is 4.85. The first-order chi connectivity index (χ1) is 15.5. The Labute approximate surface area is 194 Å². The van der Waals surface area contributed by atoms with Crippen LogP contribution in [0.4, 0.5) is 0 Å². The average molecular weight is 451 g/mol. The molecule has 3 rings (SSSR count). The van der Waals surface area contributed by atoms with E-state index in [1.807, 2.05) is 92.7 Å². The smallest absolute Gasteiger partial charge is 0.304 e. The summed E-state index contributed by atoms with van der Waals surface area (Å²) in [7, 11) is 0. The van der Waals surface area contributed by atoms with Crippen LogP contribution >= 0.6 is 11.6 Å². The molecule has 0 bridgehead atoms. The molecule has 0 aromatic heterocycles. The molecular weight excluding hydrogens is 424 g/mol. The van der Waals surface area contributed by atoms with E-state index in [1.54, 1.807) is 0 Å². The Kier molecular flexibility index (Phi) is 8.34. The summed E-state index contributed by atoms with van der Waals surface area (Å²) in [4.78, 5) is 11.1. The Balaban J connectivity index is 1.65. The summed E-state index contributed by atoms with van der Waals surface area (Å²) >= 11 is 6.10. The molecule has 0 saturated carbocycles.